The van der Waals surface area contributed by atoms with Crippen LogP contribution in [-0.2, 0) is 20.8 Å². The molecular formula is C23H36O5. The summed E-state index contributed by atoms with van der Waals surface area (Å²) in [6.45, 7) is 10.4. The van der Waals surface area contributed by atoms with Crippen LogP contribution in [0.25, 0.3) is 0 Å². The van der Waals surface area contributed by atoms with Crippen molar-refractivity contribution in [3.05, 3.63) is 42.0 Å². The van der Waals surface area contributed by atoms with Gasteiger partial charge in [0.2, 0.25) is 0 Å². The predicted octanol–water partition coefficient (Wildman–Crippen LogP) is 4.47. The van der Waals surface area contributed by atoms with Gasteiger partial charge in [-0.25, -0.2) is 0 Å². The van der Waals surface area contributed by atoms with Crippen molar-refractivity contribution < 1.29 is 24.1 Å². The summed E-state index contributed by atoms with van der Waals surface area (Å²) in [5, 5.41) is 10.1. The van der Waals surface area contributed by atoms with E-state index in [1.807, 2.05) is 44.2 Å². The molecule has 1 aliphatic heterocycles. The minimum absolute atomic E-state index is 0.00226. The molecule has 0 saturated carbocycles. The highest BCUT2D eigenvalue weighted by Gasteiger charge is 2.42. The van der Waals surface area contributed by atoms with Crippen LogP contribution in [0.15, 0.2) is 36.4 Å². The predicted molar refractivity (Wildman–Crippen MR) is 110 cm³/mol. The number of aliphatic hydroxyl groups excluding tert-OH is 1. The average molecular weight is 393 g/mol. The van der Waals surface area contributed by atoms with Gasteiger partial charge in [-0.15, -0.1) is 0 Å². The van der Waals surface area contributed by atoms with Crippen LogP contribution in [0.4, 0.5) is 0 Å². The normalized spacial score (nSPS) is 25.0. The molecule has 0 radical (unpaired) electrons. The maximum absolute atomic E-state index is 10.1. The number of hydrogen-bond donors (Lipinski definition) is 1. The van der Waals surface area contributed by atoms with Crippen molar-refractivity contribution in [1.82, 2.24) is 0 Å². The Labute approximate surface area is 169 Å². The molecular weight excluding hydrogens is 356 g/mol. The van der Waals surface area contributed by atoms with Crippen molar-refractivity contribution >= 4 is 0 Å². The summed E-state index contributed by atoms with van der Waals surface area (Å²) in [7, 11) is 1.65. The number of hydrogen-bond acceptors (Lipinski definition) is 5. The second-order valence-electron chi connectivity index (χ2n) is 8.04. The SMILES string of the molecule is CCC[C@@H]1OC(C)(C)O[C@@H]1C(C)/C=C\[C@@H](OCc1ccc(OC)cc1)[C@H](C)O. The van der Waals surface area contributed by atoms with Crippen LogP contribution in [0.3, 0.4) is 0 Å². The lowest BCUT2D eigenvalue weighted by Gasteiger charge is -2.22. The van der Waals surface area contributed by atoms with Gasteiger partial charge in [0.25, 0.3) is 0 Å². The summed E-state index contributed by atoms with van der Waals surface area (Å²) < 4.78 is 23.3. The first-order valence-electron chi connectivity index (χ1n) is 10.2. The number of ether oxygens (including phenoxy) is 4. The zero-order valence-corrected chi connectivity index (χ0v) is 18.1. The van der Waals surface area contributed by atoms with E-state index in [0.29, 0.717) is 6.61 Å². The molecule has 1 fully saturated rings. The van der Waals surface area contributed by atoms with Crippen LogP contribution >= 0.6 is 0 Å². The Hall–Kier alpha value is -1.40. The third kappa shape index (κ3) is 6.59. The second-order valence-corrected chi connectivity index (χ2v) is 8.04. The third-order valence-corrected chi connectivity index (χ3v) is 4.99. The Morgan fingerprint density at radius 3 is 2.39 bits per heavy atom. The van der Waals surface area contributed by atoms with Crippen LogP contribution in [0, 0.1) is 5.92 Å². The van der Waals surface area contributed by atoms with Gasteiger partial charge in [-0.05, 0) is 44.9 Å². The number of aliphatic hydroxyl groups is 1. The van der Waals surface area contributed by atoms with E-state index < -0.39 is 11.9 Å². The smallest absolute Gasteiger partial charge is 0.163 e. The molecule has 5 nitrogen and oxygen atoms in total. The second kappa shape index (κ2) is 10.4. The first-order chi connectivity index (χ1) is 13.3. The standard InChI is InChI=1S/C23H36O5/c1-7-8-21-22(28-23(4,5)27-21)16(2)9-14-20(17(3)24)26-15-18-10-12-19(25-6)13-11-18/h9-14,16-17,20-22,24H,7-8,15H2,1-6H3/b14-9-/t16?,17-,20+,21-,22+/m0/s1. The molecule has 1 N–H and O–H groups in total. The summed E-state index contributed by atoms with van der Waals surface area (Å²) in [4.78, 5) is 0. The quantitative estimate of drug-likeness (QED) is 0.595. The topological polar surface area (TPSA) is 57.2 Å². The first kappa shape index (κ1) is 22.9. The molecule has 1 aromatic rings. The van der Waals surface area contributed by atoms with Gasteiger partial charge < -0.3 is 24.1 Å². The average Bonchev–Trinajstić information content (AvgIpc) is 2.96. The molecule has 1 aromatic carbocycles. The first-order valence-corrected chi connectivity index (χ1v) is 10.2. The Balaban J connectivity index is 1.96. The van der Waals surface area contributed by atoms with Gasteiger partial charge in [-0.1, -0.05) is 44.6 Å². The van der Waals surface area contributed by atoms with Crippen LogP contribution in [0.2, 0.25) is 0 Å². The number of rotatable bonds is 10. The van der Waals surface area contributed by atoms with Gasteiger partial charge in [-0.2, -0.15) is 0 Å². The lowest BCUT2D eigenvalue weighted by Crippen LogP contribution is -2.29. The Bertz CT molecular complexity index is 608. The van der Waals surface area contributed by atoms with Gasteiger partial charge >= 0.3 is 0 Å². The monoisotopic (exact) mass is 392 g/mol. The van der Waals surface area contributed by atoms with Crippen molar-refractivity contribution in [2.24, 2.45) is 5.92 Å². The van der Waals surface area contributed by atoms with Crippen LogP contribution in [0.1, 0.15) is 53.0 Å². The molecule has 158 valence electrons. The Morgan fingerprint density at radius 1 is 1.14 bits per heavy atom. The van der Waals surface area contributed by atoms with Crippen LogP contribution in [-0.4, -0.2) is 42.4 Å². The lowest BCUT2D eigenvalue weighted by molar-refractivity contribution is -0.149. The minimum Gasteiger partial charge on any atom is -0.497 e. The van der Waals surface area contributed by atoms with Crippen LogP contribution in [0.5, 0.6) is 5.75 Å². The van der Waals surface area contributed by atoms with Crippen molar-refractivity contribution in [1.29, 1.82) is 0 Å². The van der Waals surface area contributed by atoms with E-state index in [2.05, 4.69) is 19.9 Å². The summed E-state index contributed by atoms with van der Waals surface area (Å²) in [6, 6.07) is 7.74. The third-order valence-electron chi connectivity index (χ3n) is 4.99. The maximum Gasteiger partial charge on any atom is 0.163 e. The van der Waals surface area contributed by atoms with Crippen molar-refractivity contribution in [2.75, 3.05) is 7.11 Å². The van der Waals surface area contributed by atoms with E-state index in [0.717, 1.165) is 24.2 Å². The fraction of sp³-hybridized carbons (Fsp3) is 0.652. The lowest BCUT2D eigenvalue weighted by atomic mass is 9.96. The van der Waals surface area contributed by atoms with Crippen molar-refractivity contribution in [3.63, 3.8) is 0 Å². The highest BCUT2D eigenvalue weighted by molar-refractivity contribution is 5.26. The molecule has 0 aromatic heterocycles. The molecule has 5 heteroatoms. The molecule has 1 aliphatic rings. The highest BCUT2D eigenvalue weighted by atomic mass is 16.8. The van der Waals surface area contributed by atoms with E-state index in [-0.39, 0.29) is 24.2 Å². The fourth-order valence-electron chi connectivity index (χ4n) is 3.48. The largest absolute Gasteiger partial charge is 0.497 e. The molecule has 5 atom stereocenters. The van der Waals surface area contributed by atoms with E-state index >= 15 is 0 Å². The van der Waals surface area contributed by atoms with Gasteiger partial charge in [0.15, 0.2) is 5.79 Å². The highest BCUT2D eigenvalue weighted by Crippen LogP contribution is 2.34. The van der Waals surface area contributed by atoms with Crippen molar-refractivity contribution in [2.45, 2.75) is 84.3 Å². The molecule has 1 saturated heterocycles. The number of methoxy groups -OCH3 is 1. The van der Waals surface area contributed by atoms with E-state index in [4.69, 9.17) is 18.9 Å². The zero-order valence-electron chi connectivity index (χ0n) is 18.1. The van der Waals surface area contributed by atoms with Gasteiger partial charge in [0.1, 0.15) is 11.9 Å². The maximum atomic E-state index is 10.1. The summed E-state index contributed by atoms with van der Waals surface area (Å²) in [6.07, 6.45) is 5.14. The molecule has 0 amide bonds. The zero-order chi connectivity index (χ0) is 20.7. The number of benzene rings is 1. The van der Waals surface area contributed by atoms with Gasteiger partial charge in [0.05, 0.1) is 32.0 Å². The molecule has 0 bridgehead atoms. The summed E-state index contributed by atoms with van der Waals surface area (Å²) >= 11 is 0. The van der Waals surface area contributed by atoms with E-state index in [9.17, 15) is 5.11 Å². The van der Waals surface area contributed by atoms with Crippen molar-refractivity contribution in [3.8, 4) is 5.75 Å². The van der Waals surface area contributed by atoms with Gasteiger partial charge in [-0.3, -0.25) is 0 Å². The fourth-order valence-corrected chi connectivity index (χ4v) is 3.48. The van der Waals surface area contributed by atoms with Gasteiger partial charge in [0, 0.05) is 5.92 Å². The van der Waals surface area contributed by atoms with E-state index in [1.54, 1.807) is 14.0 Å². The molecule has 28 heavy (non-hydrogen) atoms. The molecule has 0 spiro atoms. The molecule has 0 aliphatic carbocycles. The minimum atomic E-state index is -0.606. The van der Waals surface area contributed by atoms with Crippen LogP contribution < -0.4 is 4.74 Å². The summed E-state index contributed by atoms with van der Waals surface area (Å²) in [5.74, 6) is 0.415. The Morgan fingerprint density at radius 2 is 1.82 bits per heavy atom. The molecule has 2 rings (SSSR count). The van der Waals surface area contributed by atoms with E-state index in [1.165, 1.54) is 0 Å². The Kier molecular flexibility index (Phi) is 8.50. The molecule has 1 unspecified atom stereocenters. The summed E-state index contributed by atoms with van der Waals surface area (Å²) in [5.41, 5.74) is 1.03. The molecule has 1 heterocycles.